The van der Waals surface area contributed by atoms with Gasteiger partial charge in [0.05, 0.1) is 5.56 Å². The molecule has 2 nitrogen and oxygen atoms in total. The van der Waals surface area contributed by atoms with Gasteiger partial charge in [0.1, 0.15) is 5.82 Å². The van der Waals surface area contributed by atoms with Gasteiger partial charge in [0.2, 0.25) is 0 Å². The maximum Gasteiger partial charge on any atom is 0.418 e. The van der Waals surface area contributed by atoms with Crippen LogP contribution in [0.1, 0.15) is 24.8 Å². The third-order valence-electron chi connectivity index (χ3n) is 2.88. The summed E-state index contributed by atoms with van der Waals surface area (Å²) in [6.07, 6.45) is -0.402. The zero-order valence-corrected chi connectivity index (χ0v) is 9.80. The summed E-state index contributed by atoms with van der Waals surface area (Å²) in [6, 6.07) is 2.14. The molecule has 6 heteroatoms. The third-order valence-corrected chi connectivity index (χ3v) is 2.88. The summed E-state index contributed by atoms with van der Waals surface area (Å²) in [5.41, 5.74) is 8.72. The molecular weight excluding hydrogens is 248 g/mol. The van der Waals surface area contributed by atoms with Crippen molar-refractivity contribution in [2.75, 3.05) is 12.3 Å². The Bertz CT molecular complexity index is 383. The number of anilines is 1. The van der Waals surface area contributed by atoms with Crippen LogP contribution >= 0.6 is 0 Å². The van der Waals surface area contributed by atoms with Gasteiger partial charge in [-0.1, -0.05) is 6.42 Å². The number of halogens is 4. The molecule has 18 heavy (non-hydrogen) atoms. The molecule has 1 aliphatic carbocycles. The quantitative estimate of drug-likeness (QED) is 0.604. The lowest BCUT2D eigenvalue weighted by atomic mass is 9.86. The molecule has 0 unspecified atom stereocenters. The third kappa shape index (κ3) is 4.18. The highest BCUT2D eigenvalue weighted by atomic mass is 19.4. The van der Waals surface area contributed by atoms with Crippen LogP contribution in [0, 0.1) is 11.7 Å². The van der Waals surface area contributed by atoms with Gasteiger partial charge in [0.25, 0.3) is 0 Å². The van der Waals surface area contributed by atoms with Gasteiger partial charge in [-0.3, -0.25) is 0 Å². The van der Waals surface area contributed by atoms with Crippen molar-refractivity contribution in [2.45, 2.75) is 25.4 Å². The van der Waals surface area contributed by atoms with E-state index in [1.54, 1.807) is 0 Å². The Labute approximate surface area is 103 Å². The molecule has 0 spiro atoms. The topological polar surface area (TPSA) is 52.0 Å². The van der Waals surface area contributed by atoms with Crippen LogP contribution in [0.3, 0.4) is 0 Å². The summed E-state index contributed by atoms with van der Waals surface area (Å²) in [6.45, 7) is 0.917. The Hall–Kier alpha value is -1.30. The predicted molar refractivity (Wildman–Crippen MR) is 62.2 cm³/mol. The Morgan fingerprint density at radius 1 is 1.22 bits per heavy atom. The highest BCUT2D eigenvalue weighted by Crippen LogP contribution is 2.33. The molecule has 4 N–H and O–H groups in total. The summed E-state index contributed by atoms with van der Waals surface area (Å²) in [7, 11) is 0. The molecule has 1 saturated carbocycles. The summed E-state index contributed by atoms with van der Waals surface area (Å²) in [5, 5.41) is 0. The van der Waals surface area contributed by atoms with Crippen LogP contribution < -0.4 is 11.5 Å². The Kier molecular flexibility index (Phi) is 4.95. The van der Waals surface area contributed by atoms with Gasteiger partial charge in [-0.25, -0.2) is 4.39 Å². The molecule has 0 saturated heterocycles. The normalized spacial score (nSPS) is 15.6. The van der Waals surface area contributed by atoms with Gasteiger partial charge in [-0.05, 0) is 43.5 Å². The second kappa shape index (κ2) is 6.04. The fourth-order valence-electron chi connectivity index (χ4n) is 1.50. The smallest absolute Gasteiger partial charge is 0.398 e. The molecule has 2 rings (SSSR count). The van der Waals surface area contributed by atoms with E-state index >= 15 is 0 Å². The minimum atomic E-state index is -4.59. The van der Waals surface area contributed by atoms with E-state index in [0.717, 1.165) is 24.6 Å². The first kappa shape index (κ1) is 14.8. The Balaban J connectivity index is 0.000000225. The zero-order chi connectivity index (χ0) is 13.8. The highest BCUT2D eigenvalue weighted by Gasteiger charge is 2.33. The standard InChI is InChI=1S/C7H5F4N.C5H11N/c8-4-1-2-6(12)5(3-4)7(9,10)11;6-4-5-2-1-3-5/h1-3H,12H2;5H,1-4,6H2. The molecule has 102 valence electrons. The first-order valence-corrected chi connectivity index (χ1v) is 5.67. The molecule has 0 radical (unpaired) electrons. The molecule has 0 bridgehead atoms. The van der Waals surface area contributed by atoms with Crippen molar-refractivity contribution in [3.8, 4) is 0 Å². The number of nitrogen functional groups attached to an aromatic ring is 1. The average molecular weight is 264 g/mol. The first-order valence-electron chi connectivity index (χ1n) is 5.67. The van der Waals surface area contributed by atoms with Gasteiger partial charge in [0, 0.05) is 5.69 Å². The van der Waals surface area contributed by atoms with E-state index in [2.05, 4.69) is 0 Å². The van der Waals surface area contributed by atoms with Gasteiger partial charge < -0.3 is 11.5 Å². The summed E-state index contributed by atoms with van der Waals surface area (Å²) < 4.78 is 48.3. The lowest BCUT2D eigenvalue weighted by molar-refractivity contribution is -0.137. The van der Waals surface area contributed by atoms with Crippen molar-refractivity contribution in [1.29, 1.82) is 0 Å². The lowest BCUT2D eigenvalue weighted by Gasteiger charge is -2.22. The van der Waals surface area contributed by atoms with Crippen LogP contribution in [0.4, 0.5) is 23.2 Å². The van der Waals surface area contributed by atoms with Crippen LogP contribution in [-0.2, 0) is 6.18 Å². The number of benzene rings is 1. The van der Waals surface area contributed by atoms with Crippen LogP contribution in [-0.4, -0.2) is 6.54 Å². The van der Waals surface area contributed by atoms with Gasteiger partial charge in [-0.2, -0.15) is 13.2 Å². The van der Waals surface area contributed by atoms with Crippen molar-refractivity contribution in [1.82, 2.24) is 0 Å². The summed E-state index contributed by atoms with van der Waals surface area (Å²) in [5.74, 6) is -0.0541. The van der Waals surface area contributed by atoms with E-state index in [9.17, 15) is 17.6 Å². The molecule has 0 aliphatic heterocycles. The fourth-order valence-corrected chi connectivity index (χ4v) is 1.50. The number of rotatable bonds is 1. The molecule has 0 heterocycles. The summed E-state index contributed by atoms with van der Waals surface area (Å²) >= 11 is 0. The predicted octanol–water partition coefficient (Wildman–Crippen LogP) is 3.17. The number of hydrogen-bond donors (Lipinski definition) is 2. The molecular formula is C12H16F4N2. The van der Waals surface area contributed by atoms with Crippen molar-refractivity contribution < 1.29 is 17.6 Å². The van der Waals surface area contributed by atoms with Crippen molar-refractivity contribution in [3.05, 3.63) is 29.6 Å². The van der Waals surface area contributed by atoms with E-state index in [4.69, 9.17) is 11.5 Å². The molecule has 1 fully saturated rings. The second-order valence-electron chi connectivity index (χ2n) is 4.26. The van der Waals surface area contributed by atoms with Crippen LogP contribution in [0.5, 0.6) is 0 Å². The van der Waals surface area contributed by atoms with Gasteiger partial charge in [-0.15, -0.1) is 0 Å². The summed E-state index contributed by atoms with van der Waals surface area (Å²) in [4.78, 5) is 0. The van der Waals surface area contributed by atoms with E-state index in [1.807, 2.05) is 0 Å². The minimum absolute atomic E-state index is 0.370. The first-order chi connectivity index (χ1) is 8.34. The van der Waals surface area contributed by atoms with E-state index in [-0.39, 0.29) is 0 Å². The largest absolute Gasteiger partial charge is 0.418 e. The monoisotopic (exact) mass is 264 g/mol. The van der Waals surface area contributed by atoms with E-state index in [1.165, 1.54) is 19.3 Å². The minimum Gasteiger partial charge on any atom is -0.398 e. The lowest BCUT2D eigenvalue weighted by Crippen LogP contribution is -2.20. The second-order valence-corrected chi connectivity index (χ2v) is 4.26. The maximum absolute atomic E-state index is 12.3. The zero-order valence-electron chi connectivity index (χ0n) is 9.80. The molecule has 0 atom stereocenters. The molecule has 0 aromatic heterocycles. The van der Waals surface area contributed by atoms with Crippen LogP contribution in [0.25, 0.3) is 0 Å². The van der Waals surface area contributed by atoms with Gasteiger partial charge in [0.15, 0.2) is 0 Å². The number of hydrogen-bond acceptors (Lipinski definition) is 2. The Morgan fingerprint density at radius 3 is 2.11 bits per heavy atom. The van der Waals surface area contributed by atoms with Crippen LogP contribution in [0.2, 0.25) is 0 Å². The molecule has 0 amide bonds. The number of alkyl halides is 3. The Morgan fingerprint density at radius 2 is 1.83 bits per heavy atom. The van der Waals surface area contributed by atoms with Gasteiger partial charge >= 0.3 is 6.18 Å². The van der Waals surface area contributed by atoms with Crippen LogP contribution in [0.15, 0.2) is 18.2 Å². The fraction of sp³-hybridized carbons (Fsp3) is 0.500. The van der Waals surface area contributed by atoms with E-state index < -0.39 is 23.2 Å². The highest BCUT2D eigenvalue weighted by molar-refractivity contribution is 5.48. The van der Waals surface area contributed by atoms with Crippen molar-refractivity contribution >= 4 is 5.69 Å². The molecule has 1 aromatic rings. The molecule has 1 aliphatic rings. The van der Waals surface area contributed by atoms with E-state index in [0.29, 0.717) is 6.07 Å². The SMILES string of the molecule is NCC1CCC1.Nc1ccc(F)cc1C(F)(F)F. The number of nitrogens with two attached hydrogens (primary N) is 2. The molecule has 1 aromatic carbocycles. The maximum atomic E-state index is 12.3. The average Bonchev–Trinajstić information content (AvgIpc) is 2.19. The van der Waals surface area contributed by atoms with Crippen molar-refractivity contribution in [2.24, 2.45) is 11.7 Å². The van der Waals surface area contributed by atoms with Crippen molar-refractivity contribution in [3.63, 3.8) is 0 Å².